The van der Waals surface area contributed by atoms with E-state index < -0.39 is 5.60 Å². The van der Waals surface area contributed by atoms with Gasteiger partial charge in [0.15, 0.2) is 0 Å². The van der Waals surface area contributed by atoms with Crippen molar-refractivity contribution >= 4 is 5.91 Å². The number of nitrogens with one attached hydrogen (secondary N) is 1. The van der Waals surface area contributed by atoms with Gasteiger partial charge in [-0.1, -0.05) is 0 Å². The van der Waals surface area contributed by atoms with E-state index in [-0.39, 0.29) is 5.91 Å². The normalized spacial score (nSPS) is 11.4. The van der Waals surface area contributed by atoms with Crippen LogP contribution in [0.3, 0.4) is 0 Å². The van der Waals surface area contributed by atoms with Crippen molar-refractivity contribution in [3.05, 3.63) is 18.2 Å². The molecule has 1 aromatic heterocycles. The molecule has 0 aliphatic heterocycles. The molecule has 1 aromatic rings. The van der Waals surface area contributed by atoms with Gasteiger partial charge in [0.05, 0.1) is 5.60 Å². The molecule has 0 aliphatic rings. The molecule has 0 spiro atoms. The lowest BCUT2D eigenvalue weighted by molar-refractivity contribution is -0.0594. The molecule has 0 radical (unpaired) electrons. The highest BCUT2D eigenvalue weighted by atomic mass is 16.7. The Balaban J connectivity index is 2.56. The Kier molecular flexibility index (Phi) is 2.90. The van der Waals surface area contributed by atoms with E-state index in [9.17, 15) is 4.79 Å². The minimum atomic E-state index is -0.402. The monoisotopic (exact) mass is 197 g/mol. The third-order valence-electron chi connectivity index (χ3n) is 1.47. The molecule has 0 fully saturated rings. The number of hydroxylamine groups is 1. The lowest BCUT2D eigenvalue weighted by Gasteiger charge is -2.18. The van der Waals surface area contributed by atoms with Crippen LogP contribution in [0.1, 0.15) is 31.4 Å². The Morgan fingerprint density at radius 2 is 2.21 bits per heavy atom. The summed E-state index contributed by atoms with van der Waals surface area (Å²) in [7, 11) is 1.75. The van der Waals surface area contributed by atoms with Crippen molar-refractivity contribution in [1.82, 2.24) is 15.0 Å². The first-order valence-electron chi connectivity index (χ1n) is 4.36. The summed E-state index contributed by atoms with van der Waals surface area (Å²) >= 11 is 0. The van der Waals surface area contributed by atoms with Crippen LogP contribution in [0.2, 0.25) is 0 Å². The highest BCUT2D eigenvalue weighted by Crippen LogP contribution is 2.04. The van der Waals surface area contributed by atoms with Crippen molar-refractivity contribution in [2.75, 3.05) is 0 Å². The van der Waals surface area contributed by atoms with E-state index in [1.165, 1.54) is 0 Å². The van der Waals surface area contributed by atoms with Gasteiger partial charge < -0.3 is 4.57 Å². The van der Waals surface area contributed by atoms with Gasteiger partial charge in [0.25, 0.3) is 0 Å². The lowest BCUT2D eigenvalue weighted by atomic mass is 10.2. The van der Waals surface area contributed by atoms with Crippen LogP contribution in [-0.2, 0) is 11.9 Å². The molecular weight excluding hydrogens is 182 g/mol. The van der Waals surface area contributed by atoms with Gasteiger partial charge in [-0.05, 0) is 20.8 Å². The number of imidazole rings is 1. The summed E-state index contributed by atoms with van der Waals surface area (Å²) in [5.74, 6) is -0.0123. The second kappa shape index (κ2) is 3.79. The Hall–Kier alpha value is -1.36. The van der Waals surface area contributed by atoms with Gasteiger partial charge in [-0.25, -0.2) is 10.5 Å². The van der Waals surface area contributed by atoms with Crippen molar-refractivity contribution in [2.24, 2.45) is 7.05 Å². The fraction of sp³-hybridized carbons (Fsp3) is 0.556. The smallest absolute Gasteiger partial charge is 0.310 e. The number of hydrogen-bond donors (Lipinski definition) is 1. The maximum Gasteiger partial charge on any atom is 0.310 e. The maximum absolute atomic E-state index is 11.5. The number of nitrogens with zero attached hydrogens (tertiary/aromatic N) is 2. The van der Waals surface area contributed by atoms with E-state index in [4.69, 9.17) is 4.84 Å². The van der Waals surface area contributed by atoms with Crippen molar-refractivity contribution in [2.45, 2.75) is 26.4 Å². The third-order valence-corrected chi connectivity index (χ3v) is 1.47. The summed E-state index contributed by atoms with van der Waals surface area (Å²) in [6.07, 6.45) is 3.26. The minimum absolute atomic E-state index is 0.328. The Morgan fingerprint density at radius 3 is 2.64 bits per heavy atom. The van der Waals surface area contributed by atoms with Crippen LogP contribution in [0.25, 0.3) is 0 Å². The van der Waals surface area contributed by atoms with E-state index >= 15 is 0 Å². The van der Waals surface area contributed by atoms with E-state index in [1.807, 2.05) is 20.8 Å². The van der Waals surface area contributed by atoms with Crippen LogP contribution in [0.15, 0.2) is 12.4 Å². The van der Waals surface area contributed by atoms with E-state index in [2.05, 4.69) is 10.5 Å². The number of carbonyl (C=O) groups is 1. The summed E-state index contributed by atoms with van der Waals surface area (Å²) < 4.78 is 1.63. The number of rotatable bonds is 2. The van der Waals surface area contributed by atoms with Crippen LogP contribution in [0, 0.1) is 0 Å². The standard InChI is InChI=1S/C9H15N3O2/c1-9(2,3)14-11-8(13)7-10-5-6-12(7)4/h5-6H,1-4H3,(H,11,13). The quantitative estimate of drug-likeness (QED) is 0.716. The van der Waals surface area contributed by atoms with Gasteiger partial charge in [0.2, 0.25) is 5.82 Å². The predicted molar refractivity (Wildman–Crippen MR) is 51.5 cm³/mol. The van der Waals surface area contributed by atoms with Crippen molar-refractivity contribution in [3.63, 3.8) is 0 Å². The number of hydrogen-bond acceptors (Lipinski definition) is 3. The molecule has 0 bridgehead atoms. The zero-order valence-electron chi connectivity index (χ0n) is 8.87. The highest BCUT2D eigenvalue weighted by molar-refractivity contribution is 5.89. The summed E-state index contributed by atoms with van der Waals surface area (Å²) in [6, 6.07) is 0. The first-order chi connectivity index (χ1) is 6.40. The van der Waals surface area contributed by atoms with E-state index in [0.29, 0.717) is 5.82 Å². The molecule has 5 heteroatoms. The van der Waals surface area contributed by atoms with Gasteiger partial charge in [-0.3, -0.25) is 9.63 Å². The van der Waals surface area contributed by atoms with Crippen LogP contribution >= 0.6 is 0 Å². The molecule has 1 N–H and O–H groups in total. The van der Waals surface area contributed by atoms with Gasteiger partial charge in [-0.2, -0.15) is 0 Å². The van der Waals surface area contributed by atoms with Crippen molar-refractivity contribution in [3.8, 4) is 0 Å². The molecule has 1 amide bonds. The molecule has 0 saturated carbocycles. The molecule has 78 valence electrons. The first kappa shape index (κ1) is 10.7. The largest absolute Gasteiger partial charge is 0.330 e. The molecule has 0 unspecified atom stereocenters. The molecule has 14 heavy (non-hydrogen) atoms. The van der Waals surface area contributed by atoms with Crippen molar-refractivity contribution in [1.29, 1.82) is 0 Å². The van der Waals surface area contributed by atoms with Gasteiger partial charge in [0, 0.05) is 19.4 Å². The maximum atomic E-state index is 11.5. The number of amides is 1. The van der Waals surface area contributed by atoms with Crippen molar-refractivity contribution < 1.29 is 9.63 Å². The molecule has 0 aromatic carbocycles. The average Bonchev–Trinajstić information content (AvgIpc) is 2.46. The topological polar surface area (TPSA) is 56.2 Å². The molecular formula is C9H15N3O2. The number of aromatic nitrogens is 2. The predicted octanol–water partition coefficient (Wildman–Crippen LogP) is 0.880. The Morgan fingerprint density at radius 1 is 1.57 bits per heavy atom. The van der Waals surface area contributed by atoms with Gasteiger partial charge in [-0.15, -0.1) is 0 Å². The van der Waals surface area contributed by atoms with E-state index in [1.54, 1.807) is 24.0 Å². The average molecular weight is 197 g/mol. The van der Waals surface area contributed by atoms with Crippen LogP contribution in [0.4, 0.5) is 0 Å². The number of carbonyl (C=O) groups excluding carboxylic acids is 1. The lowest BCUT2D eigenvalue weighted by Crippen LogP contribution is -2.34. The minimum Gasteiger partial charge on any atom is -0.330 e. The fourth-order valence-electron chi connectivity index (χ4n) is 0.829. The second-order valence-corrected chi connectivity index (χ2v) is 4.01. The summed E-state index contributed by atoms with van der Waals surface area (Å²) in [5, 5.41) is 0. The van der Waals surface area contributed by atoms with Crippen LogP contribution < -0.4 is 5.48 Å². The van der Waals surface area contributed by atoms with Gasteiger partial charge in [0.1, 0.15) is 0 Å². The zero-order chi connectivity index (χ0) is 10.8. The summed E-state index contributed by atoms with van der Waals surface area (Å²) in [5.41, 5.74) is 1.94. The molecule has 5 nitrogen and oxygen atoms in total. The van der Waals surface area contributed by atoms with Gasteiger partial charge >= 0.3 is 5.91 Å². The third kappa shape index (κ3) is 2.85. The SMILES string of the molecule is Cn1ccnc1C(=O)NOC(C)(C)C. The highest BCUT2D eigenvalue weighted by Gasteiger charge is 2.16. The molecule has 0 aliphatic carbocycles. The summed E-state index contributed by atoms with van der Waals surface area (Å²) in [6.45, 7) is 5.56. The molecule has 1 heterocycles. The Bertz CT molecular complexity index is 325. The molecule has 0 saturated heterocycles. The van der Waals surface area contributed by atoms with E-state index in [0.717, 1.165) is 0 Å². The second-order valence-electron chi connectivity index (χ2n) is 4.01. The zero-order valence-corrected chi connectivity index (χ0v) is 8.87. The molecule has 0 atom stereocenters. The van der Waals surface area contributed by atoms with Crippen LogP contribution in [-0.4, -0.2) is 21.1 Å². The number of aryl methyl sites for hydroxylation is 1. The van der Waals surface area contributed by atoms with Crippen LogP contribution in [0.5, 0.6) is 0 Å². The first-order valence-corrected chi connectivity index (χ1v) is 4.36. The fourth-order valence-corrected chi connectivity index (χ4v) is 0.829. The molecule has 1 rings (SSSR count). The summed E-state index contributed by atoms with van der Waals surface area (Å²) in [4.78, 5) is 20.5. The Labute approximate surface area is 83.0 Å².